The number of nitrogens with zero attached hydrogens (tertiary/aromatic N) is 1. The number of rotatable bonds is 8. The largest absolute Gasteiger partial charge is 0.444 e. The Labute approximate surface area is 162 Å². The van der Waals surface area contributed by atoms with Gasteiger partial charge in [0.05, 0.1) is 0 Å². The Bertz CT molecular complexity index is 707. The Morgan fingerprint density at radius 3 is 2.30 bits per heavy atom. The van der Waals surface area contributed by atoms with Crippen molar-refractivity contribution in [3.05, 3.63) is 71.3 Å². The molecular weight excluding hydrogens is 338 g/mol. The van der Waals surface area contributed by atoms with Gasteiger partial charge in [-0.2, -0.15) is 0 Å². The number of ether oxygens (including phenoxy) is 1. The molecule has 0 aromatic heterocycles. The third-order valence-electron chi connectivity index (χ3n) is 4.15. The number of aryl methyl sites for hydroxylation is 1. The highest BCUT2D eigenvalue weighted by molar-refractivity contribution is 5.68. The van der Waals surface area contributed by atoms with Gasteiger partial charge >= 0.3 is 6.09 Å². The Hall–Kier alpha value is -2.33. The zero-order chi connectivity index (χ0) is 19.7. The molecule has 0 fully saturated rings. The first-order valence-electron chi connectivity index (χ1n) is 9.58. The maximum absolute atomic E-state index is 12.7. The normalized spacial score (nSPS) is 11.3. The molecule has 0 atom stereocenters. The van der Waals surface area contributed by atoms with Crippen molar-refractivity contribution >= 4 is 6.09 Å². The van der Waals surface area contributed by atoms with Crippen LogP contribution in [0, 0.1) is 0 Å². The molecule has 0 aliphatic carbocycles. The molecule has 0 heterocycles. The lowest BCUT2D eigenvalue weighted by molar-refractivity contribution is 0.0231. The molecule has 2 aromatic rings. The number of aliphatic hydroxyl groups is 1. The molecule has 0 saturated carbocycles. The van der Waals surface area contributed by atoms with Crippen LogP contribution in [-0.4, -0.2) is 34.9 Å². The molecule has 1 N–H and O–H groups in total. The van der Waals surface area contributed by atoms with Gasteiger partial charge in [0.2, 0.25) is 0 Å². The van der Waals surface area contributed by atoms with E-state index in [1.807, 2.05) is 63.2 Å². The summed E-state index contributed by atoms with van der Waals surface area (Å²) >= 11 is 0. The van der Waals surface area contributed by atoms with Gasteiger partial charge in [-0.3, -0.25) is 0 Å². The molecule has 0 aliphatic heterocycles. The van der Waals surface area contributed by atoms with Crippen molar-refractivity contribution in [3.8, 4) is 0 Å². The fourth-order valence-electron chi connectivity index (χ4n) is 2.91. The highest BCUT2D eigenvalue weighted by Gasteiger charge is 2.22. The zero-order valence-corrected chi connectivity index (χ0v) is 16.6. The van der Waals surface area contributed by atoms with E-state index in [4.69, 9.17) is 9.84 Å². The molecule has 2 rings (SSSR count). The van der Waals surface area contributed by atoms with Crippen LogP contribution in [0.2, 0.25) is 0 Å². The minimum absolute atomic E-state index is 0.121. The molecule has 0 bridgehead atoms. The average molecular weight is 370 g/mol. The van der Waals surface area contributed by atoms with Gasteiger partial charge in [0, 0.05) is 19.7 Å². The van der Waals surface area contributed by atoms with E-state index >= 15 is 0 Å². The number of amides is 1. The number of aliphatic hydroxyl groups excluding tert-OH is 1. The standard InChI is InChI=1S/C23H31NO3/c1-23(2,3)27-22(26)24(15-8-13-19-9-5-4-6-10-19)18-21-12-7-11-20(17-21)14-16-25/h4-7,9-12,17,25H,8,13-16,18H2,1-3H3. The van der Waals surface area contributed by atoms with Crippen LogP contribution in [0.4, 0.5) is 4.79 Å². The molecule has 1 amide bonds. The second kappa shape index (κ2) is 10.1. The first kappa shape index (κ1) is 21.0. The van der Waals surface area contributed by atoms with Crippen LogP contribution in [0.15, 0.2) is 54.6 Å². The van der Waals surface area contributed by atoms with Crippen molar-refractivity contribution in [1.29, 1.82) is 0 Å². The summed E-state index contributed by atoms with van der Waals surface area (Å²) in [5, 5.41) is 9.15. The van der Waals surface area contributed by atoms with Crippen LogP contribution in [0.25, 0.3) is 0 Å². The molecule has 0 aliphatic rings. The number of benzene rings is 2. The van der Waals surface area contributed by atoms with Crippen molar-refractivity contribution in [2.75, 3.05) is 13.2 Å². The molecular formula is C23H31NO3. The third-order valence-corrected chi connectivity index (χ3v) is 4.15. The summed E-state index contributed by atoms with van der Waals surface area (Å²) in [6.07, 6.45) is 2.13. The van der Waals surface area contributed by atoms with Gasteiger partial charge in [-0.25, -0.2) is 4.79 Å². The summed E-state index contributed by atoms with van der Waals surface area (Å²) in [5.41, 5.74) is 2.87. The fraction of sp³-hybridized carbons (Fsp3) is 0.435. The van der Waals surface area contributed by atoms with Gasteiger partial charge in [0.25, 0.3) is 0 Å². The van der Waals surface area contributed by atoms with E-state index in [2.05, 4.69) is 12.1 Å². The summed E-state index contributed by atoms with van der Waals surface area (Å²) in [7, 11) is 0. The molecule has 146 valence electrons. The molecule has 4 nitrogen and oxygen atoms in total. The van der Waals surface area contributed by atoms with Gasteiger partial charge in [-0.1, -0.05) is 54.6 Å². The summed E-state index contributed by atoms with van der Waals surface area (Å²) in [5.74, 6) is 0. The second-order valence-electron chi connectivity index (χ2n) is 7.78. The number of hydrogen-bond donors (Lipinski definition) is 1. The highest BCUT2D eigenvalue weighted by atomic mass is 16.6. The van der Waals surface area contributed by atoms with Gasteiger partial charge in [-0.15, -0.1) is 0 Å². The molecule has 0 saturated heterocycles. The lowest BCUT2D eigenvalue weighted by Gasteiger charge is -2.27. The Balaban J connectivity index is 2.04. The van der Waals surface area contributed by atoms with Crippen molar-refractivity contribution in [3.63, 3.8) is 0 Å². The predicted octanol–water partition coefficient (Wildman–Crippen LogP) is 4.59. The van der Waals surface area contributed by atoms with Crippen molar-refractivity contribution < 1.29 is 14.6 Å². The van der Waals surface area contributed by atoms with Crippen LogP contribution < -0.4 is 0 Å². The molecule has 0 unspecified atom stereocenters. The van der Waals surface area contributed by atoms with E-state index in [0.29, 0.717) is 19.5 Å². The second-order valence-corrected chi connectivity index (χ2v) is 7.78. The van der Waals surface area contributed by atoms with Gasteiger partial charge in [0.1, 0.15) is 5.60 Å². The molecule has 0 spiro atoms. The topological polar surface area (TPSA) is 49.8 Å². The summed E-state index contributed by atoms with van der Waals surface area (Å²) in [6.45, 7) is 6.91. The summed E-state index contributed by atoms with van der Waals surface area (Å²) in [6, 6.07) is 18.3. The number of carbonyl (C=O) groups excluding carboxylic acids is 1. The van der Waals surface area contributed by atoms with Crippen LogP contribution in [0.1, 0.15) is 43.9 Å². The summed E-state index contributed by atoms with van der Waals surface area (Å²) in [4.78, 5) is 14.5. The van der Waals surface area contributed by atoms with E-state index in [9.17, 15) is 4.79 Å². The Morgan fingerprint density at radius 1 is 0.963 bits per heavy atom. The molecule has 27 heavy (non-hydrogen) atoms. The van der Waals surface area contributed by atoms with E-state index in [0.717, 1.165) is 24.0 Å². The van der Waals surface area contributed by atoms with Crippen LogP contribution >= 0.6 is 0 Å². The number of carbonyl (C=O) groups is 1. The fourth-order valence-corrected chi connectivity index (χ4v) is 2.91. The van der Waals surface area contributed by atoms with E-state index < -0.39 is 5.60 Å². The molecule has 0 radical (unpaired) electrons. The molecule has 2 aromatic carbocycles. The monoisotopic (exact) mass is 369 g/mol. The van der Waals surface area contributed by atoms with Gasteiger partial charge in [-0.05, 0) is 56.7 Å². The smallest absolute Gasteiger partial charge is 0.410 e. The Morgan fingerprint density at radius 2 is 1.63 bits per heavy atom. The van der Waals surface area contributed by atoms with Crippen molar-refractivity contribution in [1.82, 2.24) is 4.90 Å². The SMILES string of the molecule is CC(C)(C)OC(=O)N(CCCc1ccccc1)Cc1cccc(CCO)c1. The predicted molar refractivity (Wildman–Crippen MR) is 109 cm³/mol. The maximum atomic E-state index is 12.7. The van der Waals surface area contributed by atoms with Crippen LogP contribution in [0.3, 0.4) is 0 Å². The Kier molecular flexibility index (Phi) is 7.86. The van der Waals surface area contributed by atoms with Crippen LogP contribution in [0.5, 0.6) is 0 Å². The first-order chi connectivity index (χ1) is 12.9. The average Bonchev–Trinajstić information content (AvgIpc) is 2.61. The lowest BCUT2D eigenvalue weighted by atomic mass is 10.1. The van der Waals surface area contributed by atoms with Crippen LogP contribution in [-0.2, 0) is 24.1 Å². The highest BCUT2D eigenvalue weighted by Crippen LogP contribution is 2.15. The third kappa shape index (κ3) is 7.83. The molecule has 4 heteroatoms. The van der Waals surface area contributed by atoms with Crippen molar-refractivity contribution in [2.45, 2.75) is 52.2 Å². The first-order valence-corrected chi connectivity index (χ1v) is 9.58. The van der Waals surface area contributed by atoms with E-state index in [-0.39, 0.29) is 12.7 Å². The summed E-state index contributed by atoms with van der Waals surface area (Å²) < 4.78 is 5.60. The maximum Gasteiger partial charge on any atom is 0.410 e. The lowest BCUT2D eigenvalue weighted by Crippen LogP contribution is -2.37. The van der Waals surface area contributed by atoms with Gasteiger partial charge < -0.3 is 14.7 Å². The van der Waals surface area contributed by atoms with Crippen molar-refractivity contribution in [2.24, 2.45) is 0 Å². The quantitative estimate of drug-likeness (QED) is 0.740. The van der Waals surface area contributed by atoms with Gasteiger partial charge in [0.15, 0.2) is 0 Å². The zero-order valence-electron chi connectivity index (χ0n) is 16.6. The van der Waals surface area contributed by atoms with E-state index in [1.165, 1.54) is 5.56 Å². The number of hydrogen-bond acceptors (Lipinski definition) is 3. The minimum atomic E-state index is -0.520. The minimum Gasteiger partial charge on any atom is -0.444 e. The van der Waals surface area contributed by atoms with E-state index in [1.54, 1.807) is 4.90 Å².